The van der Waals surface area contributed by atoms with Crippen LogP contribution in [0.1, 0.15) is 23.4 Å². The minimum absolute atomic E-state index is 0.0475. The summed E-state index contributed by atoms with van der Waals surface area (Å²) in [6, 6.07) is 12.6. The van der Waals surface area contributed by atoms with Crippen LogP contribution in [0.5, 0.6) is 5.19 Å². The zero-order valence-corrected chi connectivity index (χ0v) is 16.7. The topological polar surface area (TPSA) is 72.6 Å². The number of fused-ring (bicyclic) bond motifs is 2. The normalized spacial score (nSPS) is 15.0. The molecule has 0 bridgehead atoms. The number of para-hydroxylation sites is 1. The van der Waals surface area contributed by atoms with Crippen LogP contribution in [0.2, 0.25) is 0 Å². The van der Waals surface area contributed by atoms with Crippen LogP contribution in [0, 0.1) is 5.82 Å². The van der Waals surface area contributed by atoms with Gasteiger partial charge in [-0.3, -0.25) is 9.59 Å². The van der Waals surface area contributed by atoms with E-state index in [1.165, 1.54) is 29.5 Å². The first-order valence-electron chi connectivity index (χ1n) is 9.62. The highest BCUT2D eigenvalue weighted by Crippen LogP contribution is 2.30. The molecule has 2 aromatic heterocycles. The highest BCUT2D eigenvalue weighted by Gasteiger charge is 2.27. The predicted molar refractivity (Wildman–Crippen MR) is 112 cm³/mol. The molecule has 1 aliphatic rings. The second-order valence-corrected chi connectivity index (χ2v) is 8.17. The summed E-state index contributed by atoms with van der Waals surface area (Å²) >= 11 is 1.31. The Hall–Kier alpha value is -3.26. The van der Waals surface area contributed by atoms with Gasteiger partial charge in [-0.1, -0.05) is 23.5 Å². The quantitative estimate of drug-likeness (QED) is 0.492. The van der Waals surface area contributed by atoms with E-state index in [0.717, 1.165) is 4.70 Å². The molecule has 3 heterocycles. The van der Waals surface area contributed by atoms with Crippen molar-refractivity contribution in [3.05, 3.63) is 70.3 Å². The molecule has 4 aromatic rings. The van der Waals surface area contributed by atoms with E-state index in [1.54, 1.807) is 35.2 Å². The van der Waals surface area contributed by atoms with Gasteiger partial charge in [-0.2, -0.15) is 0 Å². The molecule has 0 aliphatic carbocycles. The lowest BCUT2D eigenvalue weighted by molar-refractivity contribution is 0.0567. The van der Waals surface area contributed by atoms with Gasteiger partial charge in [0.25, 0.3) is 11.1 Å². The number of aromatic nitrogens is 1. The van der Waals surface area contributed by atoms with Crippen molar-refractivity contribution < 1.29 is 18.3 Å². The van der Waals surface area contributed by atoms with Gasteiger partial charge in [0.2, 0.25) is 0 Å². The van der Waals surface area contributed by atoms with Gasteiger partial charge in [0.1, 0.15) is 17.5 Å². The van der Waals surface area contributed by atoms with Crippen LogP contribution in [-0.2, 0) is 0 Å². The number of carbonyl (C=O) groups excluding carboxylic acids is 1. The zero-order valence-electron chi connectivity index (χ0n) is 15.8. The van der Waals surface area contributed by atoms with E-state index in [0.29, 0.717) is 47.6 Å². The number of amides is 1. The Morgan fingerprint density at radius 3 is 2.80 bits per heavy atom. The maximum atomic E-state index is 13.3. The summed E-state index contributed by atoms with van der Waals surface area (Å²) in [5.41, 5.74) is 0.875. The van der Waals surface area contributed by atoms with Crippen LogP contribution in [0.4, 0.5) is 4.39 Å². The molecular weight excluding hydrogens is 407 g/mol. The SMILES string of the molecule is O=C(c1cc(=O)c2ccccc2o1)N1CCC(Oc2nc3ccc(F)cc3s2)CC1. The van der Waals surface area contributed by atoms with Crippen LogP contribution >= 0.6 is 11.3 Å². The number of carbonyl (C=O) groups is 1. The van der Waals surface area contributed by atoms with E-state index >= 15 is 0 Å². The van der Waals surface area contributed by atoms with Crippen LogP contribution in [0.3, 0.4) is 0 Å². The van der Waals surface area contributed by atoms with Crippen LogP contribution < -0.4 is 10.2 Å². The zero-order chi connectivity index (χ0) is 20.7. The average Bonchev–Trinajstić information content (AvgIpc) is 3.15. The Balaban J connectivity index is 1.26. The number of piperidine rings is 1. The Morgan fingerprint density at radius 1 is 1.17 bits per heavy atom. The molecule has 0 atom stereocenters. The van der Waals surface area contributed by atoms with Crippen molar-refractivity contribution in [1.29, 1.82) is 0 Å². The third kappa shape index (κ3) is 3.54. The maximum absolute atomic E-state index is 13.3. The van der Waals surface area contributed by atoms with Crippen LogP contribution in [-0.4, -0.2) is 35.0 Å². The van der Waals surface area contributed by atoms with E-state index in [9.17, 15) is 14.0 Å². The number of rotatable bonds is 3. The van der Waals surface area contributed by atoms with Gasteiger partial charge in [0.05, 0.1) is 15.6 Å². The van der Waals surface area contributed by atoms with Crippen LogP contribution in [0.15, 0.2) is 57.7 Å². The first-order chi connectivity index (χ1) is 14.6. The lowest BCUT2D eigenvalue weighted by atomic mass is 10.1. The van der Waals surface area contributed by atoms with Crippen molar-refractivity contribution in [3.63, 3.8) is 0 Å². The molecule has 152 valence electrons. The molecule has 5 rings (SSSR count). The third-order valence-corrected chi connectivity index (χ3v) is 6.08. The van der Waals surface area contributed by atoms with Crippen molar-refractivity contribution in [2.24, 2.45) is 0 Å². The van der Waals surface area contributed by atoms with Gasteiger partial charge < -0.3 is 14.1 Å². The Kier molecular flexibility index (Phi) is 4.71. The van der Waals surface area contributed by atoms with E-state index < -0.39 is 0 Å². The standard InChI is InChI=1S/C22H17FN2O4S/c23-13-5-6-16-20(11-13)30-22(24-16)28-14-7-9-25(10-8-14)21(27)19-12-17(26)15-3-1-2-4-18(15)29-19/h1-6,11-12,14H,7-10H2. The minimum atomic E-state index is -0.301. The molecule has 0 N–H and O–H groups in total. The minimum Gasteiger partial charge on any atom is -0.467 e. The molecule has 8 heteroatoms. The fourth-order valence-corrected chi connectivity index (χ4v) is 4.52. The lowest BCUT2D eigenvalue weighted by Crippen LogP contribution is -2.42. The summed E-state index contributed by atoms with van der Waals surface area (Å²) in [6.07, 6.45) is 1.19. The lowest BCUT2D eigenvalue weighted by Gasteiger charge is -2.31. The highest BCUT2D eigenvalue weighted by molar-refractivity contribution is 7.20. The number of nitrogens with zero attached hydrogens (tertiary/aromatic N) is 2. The number of hydrogen-bond acceptors (Lipinski definition) is 6. The number of benzene rings is 2. The number of thiazole rings is 1. The molecule has 0 unspecified atom stereocenters. The summed E-state index contributed by atoms with van der Waals surface area (Å²) in [5, 5.41) is 0.956. The van der Waals surface area contributed by atoms with E-state index in [4.69, 9.17) is 9.15 Å². The maximum Gasteiger partial charge on any atom is 0.289 e. The smallest absolute Gasteiger partial charge is 0.289 e. The summed E-state index contributed by atoms with van der Waals surface area (Å²) < 4.78 is 25.7. The van der Waals surface area contributed by atoms with Gasteiger partial charge in [0, 0.05) is 32.0 Å². The van der Waals surface area contributed by atoms with Gasteiger partial charge in [-0.15, -0.1) is 0 Å². The third-order valence-electron chi connectivity index (χ3n) is 5.17. The first-order valence-corrected chi connectivity index (χ1v) is 10.4. The molecule has 1 fully saturated rings. The second-order valence-electron chi connectivity index (χ2n) is 7.17. The molecule has 1 aliphatic heterocycles. The molecule has 2 aromatic carbocycles. The Bertz CT molecular complexity index is 1310. The van der Waals surface area contributed by atoms with E-state index in [-0.39, 0.29) is 29.0 Å². The predicted octanol–water partition coefficient (Wildman–Crippen LogP) is 4.23. The number of hydrogen-bond donors (Lipinski definition) is 0. The number of halogens is 1. The monoisotopic (exact) mass is 424 g/mol. The van der Waals surface area contributed by atoms with Crippen molar-refractivity contribution >= 4 is 38.4 Å². The summed E-state index contributed by atoms with van der Waals surface area (Å²) in [6.45, 7) is 0.971. The molecular formula is C22H17FN2O4S. The van der Waals surface area contributed by atoms with Gasteiger partial charge in [0.15, 0.2) is 11.2 Å². The molecule has 0 radical (unpaired) electrons. The molecule has 0 saturated carbocycles. The molecule has 30 heavy (non-hydrogen) atoms. The molecule has 1 saturated heterocycles. The van der Waals surface area contributed by atoms with Gasteiger partial charge >= 0.3 is 0 Å². The van der Waals surface area contributed by atoms with Crippen molar-refractivity contribution in [2.75, 3.05) is 13.1 Å². The summed E-state index contributed by atoms with van der Waals surface area (Å²) in [4.78, 5) is 31.1. The Labute approximate surface area is 174 Å². The number of ether oxygens (including phenoxy) is 1. The van der Waals surface area contributed by atoms with Crippen molar-refractivity contribution in [2.45, 2.75) is 18.9 Å². The summed E-state index contributed by atoms with van der Waals surface area (Å²) in [7, 11) is 0. The average molecular weight is 424 g/mol. The second kappa shape index (κ2) is 7.53. The highest BCUT2D eigenvalue weighted by atomic mass is 32.1. The van der Waals surface area contributed by atoms with E-state index in [1.807, 2.05) is 0 Å². The Morgan fingerprint density at radius 2 is 1.97 bits per heavy atom. The molecule has 0 spiro atoms. The fourth-order valence-electron chi connectivity index (χ4n) is 3.61. The summed E-state index contributed by atoms with van der Waals surface area (Å²) in [5.74, 6) is -0.553. The van der Waals surface area contributed by atoms with Gasteiger partial charge in [-0.05, 0) is 30.3 Å². The van der Waals surface area contributed by atoms with Crippen LogP contribution in [0.25, 0.3) is 21.2 Å². The van der Waals surface area contributed by atoms with Crippen molar-refractivity contribution in [3.8, 4) is 5.19 Å². The first kappa shape index (κ1) is 18.7. The largest absolute Gasteiger partial charge is 0.467 e. The molecule has 1 amide bonds. The van der Waals surface area contributed by atoms with E-state index in [2.05, 4.69) is 4.98 Å². The number of likely N-dealkylation sites (tertiary alicyclic amines) is 1. The van der Waals surface area contributed by atoms with Crippen molar-refractivity contribution in [1.82, 2.24) is 9.88 Å². The fraction of sp³-hybridized carbons (Fsp3) is 0.227. The van der Waals surface area contributed by atoms with Gasteiger partial charge in [-0.25, -0.2) is 9.37 Å². The molecule has 6 nitrogen and oxygen atoms in total.